The first-order valence-corrected chi connectivity index (χ1v) is 5.94. The van der Waals surface area contributed by atoms with Gasteiger partial charge in [-0.3, -0.25) is 10.2 Å². The number of fused-ring (bicyclic) bond motifs is 1. The van der Waals surface area contributed by atoms with Crippen LogP contribution in [0.5, 0.6) is 5.75 Å². The monoisotopic (exact) mass is 269 g/mol. The quantitative estimate of drug-likeness (QED) is 0.763. The molecule has 0 fully saturated rings. The van der Waals surface area contributed by atoms with Gasteiger partial charge in [-0.15, -0.1) is 0 Å². The van der Waals surface area contributed by atoms with E-state index in [0.717, 1.165) is 0 Å². The van der Waals surface area contributed by atoms with Crippen LogP contribution in [0, 0.1) is 0 Å². The summed E-state index contributed by atoms with van der Waals surface area (Å²) in [6.45, 7) is -0.0885. The van der Waals surface area contributed by atoms with Crippen molar-refractivity contribution in [1.82, 2.24) is 19.6 Å². The maximum atomic E-state index is 11.8. The second kappa shape index (κ2) is 5.35. The molecule has 0 aliphatic heterocycles. The lowest BCUT2D eigenvalue weighted by molar-refractivity contribution is -0.119. The van der Waals surface area contributed by atoms with E-state index in [4.69, 9.17) is 4.74 Å². The molecule has 3 aromatic rings. The third kappa shape index (κ3) is 2.56. The van der Waals surface area contributed by atoms with Crippen LogP contribution in [0.25, 0.3) is 11.2 Å². The van der Waals surface area contributed by atoms with Gasteiger partial charge in [-0.25, -0.2) is 19.6 Å². The zero-order valence-corrected chi connectivity index (χ0v) is 10.4. The molecule has 1 N–H and O–H groups in total. The molecule has 0 spiro atoms. The highest BCUT2D eigenvalue weighted by Gasteiger charge is 2.07. The lowest BCUT2D eigenvalue weighted by atomic mass is 10.3. The van der Waals surface area contributed by atoms with Crippen LogP contribution in [0.3, 0.4) is 0 Å². The van der Waals surface area contributed by atoms with Crippen molar-refractivity contribution in [3.05, 3.63) is 49.2 Å². The number of nitrogens with zero attached hydrogens (tertiary/aromatic N) is 4. The van der Waals surface area contributed by atoms with Gasteiger partial charge in [0.05, 0.1) is 6.20 Å². The van der Waals surface area contributed by atoms with Gasteiger partial charge in [-0.1, -0.05) is 18.2 Å². The summed E-state index contributed by atoms with van der Waals surface area (Å²) in [5.41, 5.74) is 3.78. The summed E-state index contributed by atoms with van der Waals surface area (Å²) in [5.74, 6) is 0.340. The standard InChI is InChI=1S/C13H11N5O2/c19-12(7-20-10-4-2-1-3-5-10)17-18-9-16-11-6-14-8-15-13(11)18/h1-6,8-9H,7H2,(H,17,19). The zero-order chi connectivity index (χ0) is 13.8. The Hall–Kier alpha value is -2.96. The topological polar surface area (TPSA) is 81.9 Å². The molecule has 100 valence electrons. The molecule has 1 amide bonds. The number of para-hydroxylation sites is 1. The number of carbonyl (C=O) groups excluding carboxylic acids is 1. The van der Waals surface area contributed by atoms with Crippen molar-refractivity contribution in [2.24, 2.45) is 0 Å². The Morgan fingerprint density at radius 3 is 2.95 bits per heavy atom. The van der Waals surface area contributed by atoms with E-state index in [0.29, 0.717) is 16.9 Å². The number of benzene rings is 1. The predicted octanol–water partition coefficient (Wildman–Crippen LogP) is 0.975. The molecule has 7 nitrogen and oxygen atoms in total. The molecule has 0 saturated heterocycles. The second-order valence-electron chi connectivity index (χ2n) is 3.98. The molecular weight excluding hydrogens is 258 g/mol. The molecule has 0 bridgehead atoms. The van der Waals surface area contributed by atoms with E-state index >= 15 is 0 Å². The van der Waals surface area contributed by atoms with E-state index in [1.807, 2.05) is 18.2 Å². The number of rotatable bonds is 4. The fourth-order valence-electron chi connectivity index (χ4n) is 1.68. The number of imidazole rings is 1. The summed E-state index contributed by atoms with van der Waals surface area (Å²) >= 11 is 0. The first-order chi connectivity index (χ1) is 9.83. The fraction of sp³-hybridized carbons (Fsp3) is 0.0769. The van der Waals surface area contributed by atoms with Crippen molar-refractivity contribution >= 4 is 17.1 Å². The van der Waals surface area contributed by atoms with Gasteiger partial charge < -0.3 is 4.74 Å². The van der Waals surface area contributed by atoms with E-state index in [-0.39, 0.29) is 12.5 Å². The van der Waals surface area contributed by atoms with Crippen LogP contribution in [-0.2, 0) is 4.79 Å². The summed E-state index contributed by atoms with van der Waals surface area (Å²) in [5, 5.41) is 0. The van der Waals surface area contributed by atoms with Crippen LogP contribution in [0.2, 0.25) is 0 Å². The summed E-state index contributed by atoms with van der Waals surface area (Å²) in [6, 6.07) is 9.13. The summed E-state index contributed by atoms with van der Waals surface area (Å²) in [6.07, 6.45) is 4.44. The lowest BCUT2D eigenvalue weighted by Gasteiger charge is -2.07. The molecule has 2 aromatic heterocycles. The number of aromatic nitrogens is 4. The highest BCUT2D eigenvalue weighted by Crippen LogP contribution is 2.08. The minimum Gasteiger partial charge on any atom is -0.484 e. The molecule has 7 heteroatoms. The molecule has 1 aromatic carbocycles. The molecule has 0 saturated carbocycles. The maximum Gasteiger partial charge on any atom is 0.276 e. The van der Waals surface area contributed by atoms with Crippen LogP contribution >= 0.6 is 0 Å². The lowest BCUT2D eigenvalue weighted by Crippen LogP contribution is -2.27. The third-order valence-corrected chi connectivity index (χ3v) is 2.57. The zero-order valence-electron chi connectivity index (χ0n) is 10.4. The van der Waals surface area contributed by atoms with Crippen LogP contribution in [0.1, 0.15) is 0 Å². The minimum absolute atomic E-state index is 0.0885. The van der Waals surface area contributed by atoms with Gasteiger partial charge in [0.15, 0.2) is 12.3 Å². The highest BCUT2D eigenvalue weighted by atomic mass is 16.5. The van der Waals surface area contributed by atoms with E-state index in [9.17, 15) is 4.79 Å². The van der Waals surface area contributed by atoms with Gasteiger partial charge in [0.1, 0.15) is 23.9 Å². The van der Waals surface area contributed by atoms with Crippen LogP contribution in [0.15, 0.2) is 49.2 Å². The molecule has 0 atom stereocenters. The van der Waals surface area contributed by atoms with E-state index < -0.39 is 0 Å². The van der Waals surface area contributed by atoms with E-state index in [1.165, 1.54) is 17.3 Å². The number of nitrogens with one attached hydrogen (secondary N) is 1. The largest absolute Gasteiger partial charge is 0.484 e. The fourth-order valence-corrected chi connectivity index (χ4v) is 1.68. The normalized spacial score (nSPS) is 10.4. The Bertz CT molecular complexity index is 726. The highest BCUT2D eigenvalue weighted by molar-refractivity contribution is 5.86. The number of hydrogen-bond donors (Lipinski definition) is 1. The SMILES string of the molecule is O=C(COc1ccccc1)Nn1cnc2cncnc21. The molecular formula is C13H11N5O2. The molecule has 2 heterocycles. The predicted molar refractivity (Wildman–Crippen MR) is 71.6 cm³/mol. The van der Waals surface area contributed by atoms with Crippen LogP contribution in [-0.4, -0.2) is 32.1 Å². The van der Waals surface area contributed by atoms with Gasteiger partial charge >= 0.3 is 0 Å². The molecule has 20 heavy (non-hydrogen) atoms. The van der Waals surface area contributed by atoms with Crippen LogP contribution < -0.4 is 10.2 Å². The maximum absolute atomic E-state index is 11.8. The van der Waals surface area contributed by atoms with E-state index in [1.54, 1.807) is 18.3 Å². The van der Waals surface area contributed by atoms with Crippen molar-refractivity contribution in [2.45, 2.75) is 0 Å². The van der Waals surface area contributed by atoms with Gasteiger partial charge in [-0.05, 0) is 12.1 Å². The van der Waals surface area contributed by atoms with Gasteiger partial charge in [0.2, 0.25) is 0 Å². The third-order valence-electron chi connectivity index (χ3n) is 2.57. The van der Waals surface area contributed by atoms with E-state index in [2.05, 4.69) is 20.4 Å². The van der Waals surface area contributed by atoms with Crippen molar-refractivity contribution < 1.29 is 9.53 Å². The average Bonchev–Trinajstić information content (AvgIpc) is 2.90. The first-order valence-electron chi connectivity index (χ1n) is 5.94. The Morgan fingerprint density at radius 2 is 2.10 bits per heavy atom. The summed E-state index contributed by atoms with van der Waals surface area (Å²) < 4.78 is 6.79. The van der Waals surface area contributed by atoms with Crippen molar-refractivity contribution in [3.8, 4) is 5.75 Å². The molecule has 0 aliphatic carbocycles. The summed E-state index contributed by atoms with van der Waals surface area (Å²) in [4.78, 5) is 23.8. The van der Waals surface area contributed by atoms with Crippen molar-refractivity contribution in [2.75, 3.05) is 12.0 Å². The number of amides is 1. The Kier molecular flexibility index (Phi) is 3.24. The minimum atomic E-state index is -0.299. The van der Waals surface area contributed by atoms with Gasteiger partial charge in [-0.2, -0.15) is 0 Å². The molecule has 3 rings (SSSR count). The molecule has 0 unspecified atom stereocenters. The number of hydrogen-bond acceptors (Lipinski definition) is 5. The van der Waals surface area contributed by atoms with Gasteiger partial charge in [0, 0.05) is 0 Å². The smallest absolute Gasteiger partial charge is 0.276 e. The average molecular weight is 269 g/mol. The Labute approximate surface area is 114 Å². The van der Waals surface area contributed by atoms with Gasteiger partial charge in [0.25, 0.3) is 5.91 Å². The Morgan fingerprint density at radius 1 is 1.25 bits per heavy atom. The van der Waals surface area contributed by atoms with Crippen LogP contribution in [0.4, 0.5) is 0 Å². The number of carbonyl (C=O) groups is 1. The number of ether oxygens (including phenoxy) is 1. The molecule has 0 radical (unpaired) electrons. The molecule has 0 aliphatic rings. The second-order valence-corrected chi connectivity index (χ2v) is 3.98. The van der Waals surface area contributed by atoms with Crippen molar-refractivity contribution in [3.63, 3.8) is 0 Å². The first kappa shape index (κ1) is 12.1. The van der Waals surface area contributed by atoms with Crippen molar-refractivity contribution in [1.29, 1.82) is 0 Å². The Balaban J connectivity index is 1.64. The summed E-state index contributed by atoms with van der Waals surface area (Å²) in [7, 11) is 0.